The molecule has 0 radical (unpaired) electrons. The molecule has 2 rings (SSSR count). The fourth-order valence-electron chi connectivity index (χ4n) is 2.09. The number of nitrogens with two attached hydrogens (primary N) is 1. The highest BCUT2D eigenvalue weighted by atomic mass is 79.9. The summed E-state index contributed by atoms with van der Waals surface area (Å²) in [6, 6.07) is 3.70. The van der Waals surface area contributed by atoms with Crippen molar-refractivity contribution >= 4 is 33.2 Å². The SMILES string of the molecule is CCn1ncc(N)c1C(=O)Nc1c(C)cc(Br)cc1OC. The number of halogens is 1. The third-order valence-electron chi connectivity index (χ3n) is 3.10. The van der Waals surface area contributed by atoms with E-state index in [1.807, 2.05) is 19.9 Å². The summed E-state index contributed by atoms with van der Waals surface area (Å²) >= 11 is 3.40. The number of aromatic nitrogens is 2. The Hall–Kier alpha value is -2.02. The van der Waals surface area contributed by atoms with Crippen LogP contribution in [-0.2, 0) is 6.54 Å². The maximum atomic E-state index is 12.5. The summed E-state index contributed by atoms with van der Waals surface area (Å²) in [5.74, 6) is 0.270. The van der Waals surface area contributed by atoms with Crippen LogP contribution >= 0.6 is 15.9 Å². The standard InChI is InChI=1S/C14H17BrN4O2/c1-4-19-13(10(16)7-17-19)14(20)18-12-8(2)5-9(15)6-11(12)21-3/h5-7H,4,16H2,1-3H3,(H,18,20). The van der Waals surface area contributed by atoms with Gasteiger partial charge < -0.3 is 15.8 Å². The average molecular weight is 353 g/mol. The minimum atomic E-state index is -0.310. The largest absolute Gasteiger partial charge is 0.495 e. The summed E-state index contributed by atoms with van der Waals surface area (Å²) in [7, 11) is 1.56. The molecule has 1 heterocycles. The van der Waals surface area contributed by atoms with E-state index in [2.05, 4.69) is 26.3 Å². The van der Waals surface area contributed by atoms with E-state index in [1.54, 1.807) is 17.9 Å². The van der Waals surface area contributed by atoms with Gasteiger partial charge in [-0.1, -0.05) is 15.9 Å². The number of rotatable bonds is 4. The zero-order chi connectivity index (χ0) is 15.6. The summed E-state index contributed by atoms with van der Waals surface area (Å²) in [6.07, 6.45) is 1.48. The Balaban J connectivity index is 2.38. The average Bonchev–Trinajstić information content (AvgIpc) is 2.82. The van der Waals surface area contributed by atoms with Crippen LogP contribution in [-0.4, -0.2) is 22.8 Å². The molecule has 3 N–H and O–H groups in total. The Kier molecular flexibility index (Phi) is 4.52. The molecule has 0 bridgehead atoms. The number of aryl methyl sites for hydroxylation is 2. The van der Waals surface area contributed by atoms with E-state index in [9.17, 15) is 4.79 Å². The molecular formula is C14H17BrN4O2. The summed E-state index contributed by atoms with van der Waals surface area (Å²) in [6.45, 7) is 4.36. The first-order chi connectivity index (χ1) is 9.97. The van der Waals surface area contributed by atoms with Gasteiger partial charge in [0, 0.05) is 11.0 Å². The van der Waals surface area contributed by atoms with Crippen molar-refractivity contribution in [1.82, 2.24) is 9.78 Å². The van der Waals surface area contributed by atoms with E-state index in [0.717, 1.165) is 10.0 Å². The van der Waals surface area contributed by atoms with Crippen molar-refractivity contribution in [3.8, 4) is 5.75 Å². The van der Waals surface area contributed by atoms with Crippen molar-refractivity contribution in [2.75, 3.05) is 18.2 Å². The summed E-state index contributed by atoms with van der Waals surface area (Å²) < 4.78 is 7.76. The van der Waals surface area contributed by atoms with E-state index in [1.165, 1.54) is 6.20 Å². The maximum absolute atomic E-state index is 12.5. The summed E-state index contributed by atoms with van der Waals surface area (Å²) in [4.78, 5) is 12.5. The highest BCUT2D eigenvalue weighted by molar-refractivity contribution is 9.10. The minimum Gasteiger partial charge on any atom is -0.495 e. The molecule has 0 saturated carbocycles. The van der Waals surface area contributed by atoms with Gasteiger partial charge >= 0.3 is 0 Å². The lowest BCUT2D eigenvalue weighted by Gasteiger charge is -2.14. The fraction of sp³-hybridized carbons (Fsp3) is 0.286. The van der Waals surface area contributed by atoms with Gasteiger partial charge in [-0.3, -0.25) is 9.48 Å². The van der Waals surface area contributed by atoms with Gasteiger partial charge in [-0.25, -0.2) is 0 Å². The van der Waals surface area contributed by atoms with E-state index >= 15 is 0 Å². The maximum Gasteiger partial charge on any atom is 0.276 e. The van der Waals surface area contributed by atoms with Gasteiger partial charge in [0.25, 0.3) is 5.91 Å². The second kappa shape index (κ2) is 6.17. The molecule has 0 spiro atoms. The van der Waals surface area contributed by atoms with Crippen molar-refractivity contribution in [2.45, 2.75) is 20.4 Å². The van der Waals surface area contributed by atoms with Gasteiger partial charge in [-0.05, 0) is 31.5 Å². The molecule has 1 amide bonds. The number of hydrogen-bond acceptors (Lipinski definition) is 4. The molecule has 0 aliphatic heterocycles. The Morgan fingerprint density at radius 3 is 2.86 bits per heavy atom. The van der Waals surface area contributed by atoms with E-state index < -0.39 is 0 Å². The van der Waals surface area contributed by atoms with Crippen LogP contribution < -0.4 is 15.8 Å². The van der Waals surface area contributed by atoms with E-state index in [-0.39, 0.29) is 5.91 Å². The van der Waals surface area contributed by atoms with Gasteiger partial charge in [0.1, 0.15) is 11.4 Å². The molecule has 0 saturated heterocycles. The smallest absolute Gasteiger partial charge is 0.276 e. The van der Waals surface area contributed by atoms with Crippen LogP contribution in [0.2, 0.25) is 0 Å². The van der Waals surface area contributed by atoms with Crippen molar-refractivity contribution in [1.29, 1.82) is 0 Å². The Morgan fingerprint density at radius 2 is 2.24 bits per heavy atom. The predicted molar refractivity (Wildman–Crippen MR) is 85.7 cm³/mol. The van der Waals surface area contributed by atoms with Crippen LogP contribution in [0.3, 0.4) is 0 Å². The molecule has 7 heteroatoms. The first kappa shape index (κ1) is 15.4. The monoisotopic (exact) mass is 352 g/mol. The number of nitrogens with zero attached hydrogens (tertiary/aromatic N) is 2. The Labute approximate surface area is 131 Å². The quantitative estimate of drug-likeness (QED) is 0.886. The summed E-state index contributed by atoms with van der Waals surface area (Å²) in [5, 5.41) is 6.92. The van der Waals surface area contributed by atoms with Crippen LogP contribution in [0.1, 0.15) is 23.0 Å². The molecule has 112 valence electrons. The van der Waals surface area contributed by atoms with E-state index in [4.69, 9.17) is 10.5 Å². The number of amides is 1. The lowest BCUT2D eigenvalue weighted by molar-refractivity contribution is 0.101. The van der Waals surface area contributed by atoms with Gasteiger partial charge in [0.15, 0.2) is 0 Å². The molecule has 0 fully saturated rings. The highest BCUT2D eigenvalue weighted by Gasteiger charge is 2.19. The first-order valence-corrected chi connectivity index (χ1v) is 7.24. The molecule has 1 aromatic heterocycles. The topological polar surface area (TPSA) is 82.2 Å². The molecular weight excluding hydrogens is 336 g/mol. The van der Waals surface area contributed by atoms with Crippen LogP contribution in [0.15, 0.2) is 22.8 Å². The number of anilines is 2. The highest BCUT2D eigenvalue weighted by Crippen LogP contribution is 2.32. The number of hydrogen-bond donors (Lipinski definition) is 2. The van der Waals surface area contributed by atoms with Crippen LogP contribution in [0.5, 0.6) is 5.75 Å². The molecule has 0 atom stereocenters. The Bertz CT molecular complexity index is 682. The van der Waals surface area contributed by atoms with Crippen molar-refractivity contribution in [3.63, 3.8) is 0 Å². The molecule has 21 heavy (non-hydrogen) atoms. The molecule has 6 nitrogen and oxygen atoms in total. The van der Waals surface area contributed by atoms with Crippen molar-refractivity contribution in [3.05, 3.63) is 34.1 Å². The van der Waals surface area contributed by atoms with Crippen LogP contribution in [0, 0.1) is 6.92 Å². The van der Waals surface area contributed by atoms with Gasteiger partial charge in [-0.15, -0.1) is 0 Å². The first-order valence-electron chi connectivity index (χ1n) is 6.44. The lowest BCUT2D eigenvalue weighted by Crippen LogP contribution is -2.19. The zero-order valence-corrected chi connectivity index (χ0v) is 13.7. The number of nitrogen functional groups attached to an aromatic ring is 1. The predicted octanol–water partition coefficient (Wildman–Crippen LogP) is 2.82. The Morgan fingerprint density at radius 1 is 1.52 bits per heavy atom. The number of nitrogens with one attached hydrogen (secondary N) is 1. The van der Waals surface area contributed by atoms with Crippen molar-refractivity contribution in [2.24, 2.45) is 0 Å². The van der Waals surface area contributed by atoms with Gasteiger partial charge in [-0.2, -0.15) is 5.10 Å². The number of carbonyl (C=O) groups is 1. The third-order valence-corrected chi connectivity index (χ3v) is 3.56. The lowest BCUT2D eigenvalue weighted by atomic mass is 10.1. The molecule has 0 aliphatic carbocycles. The summed E-state index contributed by atoms with van der Waals surface area (Å²) in [5.41, 5.74) is 8.02. The zero-order valence-electron chi connectivity index (χ0n) is 12.1. The van der Waals surface area contributed by atoms with Crippen molar-refractivity contribution < 1.29 is 9.53 Å². The number of benzene rings is 1. The second-order valence-corrected chi connectivity index (χ2v) is 5.43. The normalized spacial score (nSPS) is 10.5. The number of methoxy groups -OCH3 is 1. The van der Waals surface area contributed by atoms with Gasteiger partial charge in [0.05, 0.1) is 24.7 Å². The second-order valence-electron chi connectivity index (χ2n) is 4.52. The fourth-order valence-corrected chi connectivity index (χ4v) is 2.65. The third kappa shape index (κ3) is 3.02. The number of ether oxygens (including phenoxy) is 1. The minimum absolute atomic E-state index is 0.310. The molecule has 2 aromatic rings. The molecule has 1 aromatic carbocycles. The molecule has 0 aliphatic rings. The van der Waals surface area contributed by atoms with Gasteiger partial charge in [0.2, 0.25) is 0 Å². The van der Waals surface area contributed by atoms with Crippen LogP contribution in [0.25, 0.3) is 0 Å². The van der Waals surface area contributed by atoms with Crippen LogP contribution in [0.4, 0.5) is 11.4 Å². The molecule has 0 unspecified atom stereocenters. The van der Waals surface area contributed by atoms with E-state index in [0.29, 0.717) is 29.4 Å². The number of carbonyl (C=O) groups excluding carboxylic acids is 1.